The molecule has 4 nitrogen and oxygen atoms in total. The first-order valence-corrected chi connectivity index (χ1v) is 5.55. The van der Waals surface area contributed by atoms with Crippen LogP contribution >= 0.6 is 0 Å². The molecule has 0 unspecified atom stereocenters. The minimum absolute atomic E-state index is 0.0147. The Labute approximate surface area is 95.9 Å². The topological polar surface area (TPSA) is 36.4 Å². The molecule has 1 amide bonds. The van der Waals surface area contributed by atoms with E-state index >= 15 is 0 Å². The van der Waals surface area contributed by atoms with Gasteiger partial charge in [-0.3, -0.25) is 9.78 Å². The zero-order valence-electron chi connectivity index (χ0n) is 9.76. The van der Waals surface area contributed by atoms with Gasteiger partial charge in [-0.15, -0.1) is 0 Å². The number of aromatic nitrogens is 1. The van der Waals surface area contributed by atoms with Crippen molar-refractivity contribution in [2.45, 2.75) is 12.5 Å². The molecule has 1 aromatic rings. The number of rotatable bonds is 2. The molecule has 0 aliphatic carbocycles. The lowest BCUT2D eigenvalue weighted by atomic mass is 10.2. The molecule has 16 heavy (non-hydrogen) atoms. The van der Waals surface area contributed by atoms with E-state index in [2.05, 4.69) is 16.9 Å². The second-order valence-electron chi connectivity index (χ2n) is 4.34. The van der Waals surface area contributed by atoms with Gasteiger partial charge in [0.25, 0.3) is 5.91 Å². The van der Waals surface area contributed by atoms with E-state index in [0.717, 1.165) is 19.5 Å². The number of amides is 1. The maximum Gasteiger partial charge on any atom is 0.272 e. The van der Waals surface area contributed by atoms with E-state index in [1.807, 2.05) is 24.1 Å². The van der Waals surface area contributed by atoms with Crippen molar-refractivity contribution in [1.29, 1.82) is 0 Å². The van der Waals surface area contributed by atoms with Gasteiger partial charge in [-0.2, -0.15) is 0 Å². The summed E-state index contributed by atoms with van der Waals surface area (Å²) in [6, 6.07) is 5.74. The lowest BCUT2D eigenvalue weighted by Gasteiger charge is -2.23. The van der Waals surface area contributed by atoms with Gasteiger partial charge in [0.2, 0.25) is 0 Å². The summed E-state index contributed by atoms with van der Waals surface area (Å²) in [7, 11) is 3.94. The molecule has 2 rings (SSSR count). The zero-order valence-corrected chi connectivity index (χ0v) is 9.76. The molecule has 2 heterocycles. The molecule has 0 radical (unpaired) electrons. The third kappa shape index (κ3) is 2.22. The second-order valence-corrected chi connectivity index (χ2v) is 4.34. The lowest BCUT2D eigenvalue weighted by molar-refractivity contribution is 0.0731. The smallest absolute Gasteiger partial charge is 0.272 e. The molecule has 0 bridgehead atoms. The van der Waals surface area contributed by atoms with Crippen LogP contribution in [-0.2, 0) is 0 Å². The van der Waals surface area contributed by atoms with Gasteiger partial charge in [-0.05, 0) is 32.1 Å². The van der Waals surface area contributed by atoms with E-state index < -0.39 is 0 Å². The van der Waals surface area contributed by atoms with Crippen LogP contribution in [0.25, 0.3) is 0 Å². The lowest BCUT2D eigenvalue weighted by Crippen LogP contribution is -2.38. The normalized spacial score (nSPS) is 21.0. The molecule has 1 fully saturated rings. The Bertz CT molecular complexity index is 366. The monoisotopic (exact) mass is 219 g/mol. The van der Waals surface area contributed by atoms with Gasteiger partial charge >= 0.3 is 0 Å². The Morgan fingerprint density at radius 2 is 2.38 bits per heavy atom. The van der Waals surface area contributed by atoms with Gasteiger partial charge in [0.05, 0.1) is 0 Å². The Balaban J connectivity index is 2.05. The predicted octanol–water partition coefficient (Wildman–Crippen LogP) is 0.858. The fraction of sp³-hybridized carbons (Fsp3) is 0.500. The highest BCUT2D eigenvalue weighted by Crippen LogP contribution is 2.14. The highest BCUT2D eigenvalue weighted by molar-refractivity contribution is 5.92. The van der Waals surface area contributed by atoms with Crippen molar-refractivity contribution < 1.29 is 4.79 Å². The molecule has 86 valence electrons. The SMILES string of the molecule is CN1CC[C@@H](N(C)C(=O)c2ccccn2)C1. The summed E-state index contributed by atoms with van der Waals surface area (Å²) in [6.45, 7) is 2.01. The molecular formula is C12H17N3O. The summed E-state index contributed by atoms with van der Waals surface area (Å²) in [5, 5.41) is 0. The van der Waals surface area contributed by atoms with E-state index in [4.69, 9.17) is 0 Å². The Morgan fingerprint density at radius 3 is 2.94 bits per heavy atom. The highest BCUT2D eigenvalue weighted by atomic mass is 16.2. The van der Waals surface area contributed by atoms with Crippen molar-refractivity contribution in [3.8, 4) is 0 Å². The quantitative estimate of drug-likeness (QED) is 0.740. The van der Waals surface area contributed by atoms with Crippen molar-refractivity contribution in [2.24, 2.45) is 0 Å². The van der Waals surface area contributed by atoms with Crippen LogP contribution in [0.15, 0.2) is 24.4 Å². The molecule has 0 saturated carbocycles. The van der Waals surface area contributed by atoms with Gasteiger partial charge in [-0.25, -0.2) is 0 Å². The number of carbonyl (C=O) groups excluding carboxylic acids is 1. The molecule has 1 aliphatic heterocycles. The molecule has 0 spiro atoms. The van der Waals surface area contributed by atoms with Crippen molar-refractivity contribution in [2.75, 3.05) is 27.2 Å². The molecule has 0 aromatic carbocycles. The summed E-state index contributed by atoms with van der Waals surface area (Å²) in [5.74, 6) is 0.0147. The van der Waals surface area contributed by atoms with Crippen molar-refractivity contribution in [1.82, 2.24) is 14.8 Å². The summed E-state index contributed by atoms with van der Waals surface area (Å²) in [6.07, 6.45) is 2.70. The zero-order chi connectivity index (χ0) is 11.5. The van der Waals surface area contributed by atoms with Gasteiger partial charge in [0.15, 0.2) is 0 Å². The molecule has 1 aromatic heterocycles. The van der Waals surface area contributed by atoms with Crippen LogP contribution in [0.2, 0.25) is 0 Å². The number of likely N-dealkylation sites (tertiary alicyclic amines) is 1. The van der Waals surface area contributed by atoms with Crippen LogP contribution in [0.5, 0.6) is 0 Å². The number of hydrogen-bond acceptors (Lipinski definition) is 3. The van der Waals surface area contributed by atoms with E-state index in [0.29, 0.717) is 11.7 Å². The largest absolute Gasteiger partial charge is 0.336 e. The summed E-state index contributed by atoms with van der Waals surface area (Å²) in [4.78, 5) is 20.2. The maximum atomic E-state index is 12.1. The van der Waals surface area contributed by atoms with Crippen LogP contribution in [0.3, 0.4) is 0 Å². The second kappa shape index (κ2) is 4.61. The number of pyridine rings is 1. The highest BCUT2D eigenvalue weighted by Gasteiger charge is 2.27. The van der Waals surface area contributed by atoms with Gasteiger partial charge < -0.3 is 9.80 Å². The number of hydrogen-bond donors (Lipinski definition) is 0. The number of likely N-dealkylation sites (N-methyl/N-ethyl adjacent to an activating group) is 2. The molecular weight excluding hydrogens is 202 g/mol. The fourth-order valence-corrected chi connectivity index (χ4v) is 2.06. The summed E-state index contributed by atoms with van der Waals surface area (Å²) in [5.41, 5.74) is 0.527. The average Bonchev–Trinajstić information content (AvgIpc) is 2.75. The number of nitrogens with zero attached hydrogens (tertiary/aromatic N) is 3. The third-order valence-corrected chi connectivity index (χ3v) is 3.12. The first kappa shape index (κ1) is 11.1. The van der Waals surface area contributed by atoms with Crippen LogP contribution in [0, 0.1) is 0 Å². The van der Waals surface area contributed by atoms with E-state index in [-0.39, 0.29) is 5.91 Å². The minimum Gasteiger partial charge on any atom is -0.336 e. The Morgan fingerprint density at radius 1 is 1.56 bits per heavy atom. The van der Waals surface area contributed by atoms with Crippen molar-refractivity contribution in [3.63, 3.8) is 0 Å². The van der Waals surface area contributed by atoms with Crippen molar-refractivity contribution in [3.05, 3.63) is 30.1 Å². The minimum atomic E-state index is 0.0147. The van der Waals surface area contributed by atoms with Crippen molar-refractivity contribution >= 4 is 5.91 Å². The van der Waals surface area contributed by atoms with E-state index in [9.17, 15) is 4.79 Å². The first-order valence-electron chi connectivity index (χ1n) is 5.55. The van der Waals surface area contributed by atoms with Crippen LogP contribution in [0.1, 0.15) is 16.9 Å². The van der Waals surface area contributed by atoms with Gasteiger partial charge in [0, 0.05) is 25.8 Å². The first-order chi connectivity index (χ1) is 7.68. The number of carbonyl (C=O) groups is 1. The average molecular weight is 219 g/mol. The third-order valence-electron chi connectivity index (χ3n) is 3.12. The van der Waals surface area contributed by atoms with Crippen LogP contribution in [-0.4, -0.2) is 53.9 Å². The molecule has 1 atom stereocenters. The molecule has 1 aliphatic rings. The Kier molecular flexibility index (Phi) is 3.19. The summed E-state index contributed by atoms with van der Waals surface area (Å²) < 4.78 is 0. The maximum absolute atomic E-state index is 12.1. The van der Waals surface area contributed by atoms with E-state index in [1.54, 1.807) is 12.3 Å². The standard InChI is InChI=1S/C12H17N3O/c1-14-8-6-10(9-14)15(2)12(16)11-5-3-4-7-13-11/h3-5,7,10H,6,8-9H2,1-2H3/t10-/m1/s1. The Hall–Kier alpha value is -1.42. The van der Waals surface area contributed by atoms with Crippen LogP contribution in [0.4, 0.5) is 0 Å². The molecule has 4 heteroatoms. The van der Waals surface area contributed by atoms with E-state index in [1.165, 1.54) is 0 Å². The van der Waals surface area contributed by atoms with Gasteiger partial charge in [0.1, 0.15) is 5.69 Å². The predicted molar refractivity (Wildman–Crippen MR) is 62.2 cm³/mol. The molecule has 1 saturated heterocycles. The summed E-state index contributed by atoms with van der Waals surface area (Å²) >= 11 is 0. The van der Waals surface area contributed by atoms with Crippen LogP contribution < -0.4 is 0 Å². The molecule has 0 N–H and O–H groups in total. The van der Waals surface area contributed by atoms with Gasteiger partial charge in [-0.1, -0.05) is 6.07 Å². The fourth-order valence-electron chi connectivity index (χ4n) is 2.06.